The van der Waals surface area contributed by atoms with Gasteiger partial charge < -0.3 is 9.47 Å². The molecule has 154 valence electrons. The summed E-state index contributed by atoms with van der Waals surface area (Å²) in [5.41, 5.74) is 0. The minimum atomic E-state index is -0.294. The van der Waals surface area contributed by atoms with Gasteiger partial charge in [0.1, 0.15) is 0 Å². The van der Waals surface area contributed by atoms with E-state index in [4.69, 9.17) is 9.47 Å². The first-order valence-corrected chi connectivity index (χ1v) is 10.7. The van der Waals surface area contributed by atoms with Crippen molar-refractivity contribution in [1.82, 2.24) is 0 Å². The van der Waals surface area contributed by atoms with E-state index in [1.165, 1.54) is 38.5 Å². The first kappa shape index (κ1) is 24.9. The largest absolute Gasteiger partial charge is 0.466 e. The third-order valence-corrected chi connectivity index (χ3v) is 4.41. The molecule has 0 aromatic heterocycles. The zero-order chi connectivity index (χ0) is 19.6. The van der Waals surface area contributed by atoms with Crippen LogP contribution in [0.4, 0.5) is 0 Å². The van der Waals surface area contributed by atoms with Gasteiger partial charge in [-0.05, 0) is 24.7 Å². The Morgan fingerprint density at radius 1 is 0.577 bits per heavy atom. The van der Waals surface area contributed by atoms with Crippen LogP contribution in [0.25, 0.3) is 0 Å². The molecular weight excluding hydrogens is 328 g/mol. The minimum Gasteiger partial charge on any atom is -0.466 e. The summed E-state index contributed by atoms with van der Waals surface area (Å²) in [5, 5.41) is 0. The smallest absolute Gasteiger partial charge is 0.306 e. The summed E-state index contributed by atoms with van der Waals surface area (Å²) in [7, 11) is 0. The predicted octanol–water partition coefficient (Wildman–Crippen LogP) is 6.07. The molecule has 0 rings (SSSR count). The van der Waals surface area contributed by atoms with E-state index in [1.807, 2.05) is 0 Å². The molecule has 0 atom stereocenters. The summed E-state index contributed by atoms with van der Waals surface area (Å²) < 4.78 is 10.3. The molecule has 0 aliphatic rings. The Morgan fingerprint density at radius 3 is 1.27 bits per heavy atom. The zero-order valence-corrected chi connectivity index (χ0v) is 17.7. The van der Waals surface area contributed by atoms with Crippen molar-refractivity contribution in [3.8, 4) is 0 Å². The van der Waals surface area contributed by atoms with Gasteiger partial charge in [-0.25, -0.2) is 0 Å². The standard InChI is InChI=1S/C22H42O4/c1-19(2)13-9-5-7-11-17-25-21(23)15-16-22(24)26-18-12-8-6-10-14-20(3)4/h19-20H,5-18H2,1-4H3. The molecule has 0 N–H and O–H groups in total. The first-order valence-electron chi connectivity index (χ1n) is 10.7. The lowest BCUT2D eigenvalue weighted by Crippen LogP contribution is -2.11. The van der Waals surface area contributed by atoms with Gasteiger partial charge in [0.15, 0.2) is 0 Å². The van der Waals surface area contributed by atoms with Crippen molar-refractivity contribution in [3.63, 3.8) is 0 Å². The molecule has 0 aliphatic heterocycles. The molecule has 0 unspecified atom stereocenters. The van der Waals surface area contributed by atoms with E-state index in [-0.39, 0.29) is 24.8 Å². The lowest BCUT2D eigenvalue weighted by atomic mass is 10.0. The van der Waals surface area contributed by atoms with E-state index in [9.17, 15) is 9.59 Å². The second kappa shape index (κ2) is 17.4. The number of unbranched alkanes of at least 4 members (excludes halogenated alkanes) is 6. The van der Waals surface area contributed by atoms with E-state index in [0.717, 1.165) is 37.5 Å². The minimum absolute atomic E-state index is 0.126. The van der Waals surface area contributed by atoms with E-state index < -0.39 is 0 Å². The monoisotopic (exact) mass is 370 g/mol. The van der Waals surface area contributed by atoms with Crippen LogP contribution >= 0.6 is 0 Å². The molecule has 26 heavy (non-hydrogen) atoms. The van der Waals surface area contributed by atoms with Crippen molar-refractivity contribution >= 4 is 11.9 Å². The lowest BCUT2D eigenvalue weighted by molar-refractivity contribution is -0.150. The fraction of sp³-hybridized carbons (Fsp3) is 0.909. The van der Waals surface area contributed by atoms with Crippen LogP contribution in [0.3, 0.4) is 0 Å². The third-order valence-electron chi connectivity index (χ3n) is 4.41. The van der Waals surface area contributed by atoms with Crippen molar-refractivity contribution in [3.05, 3.63) is 0 Å². The maximum Gasteiger partial charge on any atom is 0.306 e. The highest BCUT2D eigenvalue weighted by molar-refractivity contribution is 5.77. The molecule has 4 nitrogen and oxygen atoms in total. The number of hydrogen-bond acceptors (Lipinski definition) is 4. The van der Waals surface area contributed by atoms with Crippen LogP contribution in [0.15, 0.2) is 0 Å². The highest BCUT2D eigenvalue weighted by Crippen LogP contribution is 2.10. The van der Waals surface area contributed by atoms with E-state index in [0.29, 0.717) is 13.2 Å². The van der Waals surface area contributed by atoms with Crippen molar-refractivity contribution in [2.75, 3.05) is 13.2 Å². The fourth-order valence-corrected chi connectivity index (χ4v) is 2.74. The molecule has 0 heterocycles. The van der Waals surface area contributed by atoms with Crippen LogP contribution in [0.2, 0.25) is 0 Å². The summed E-state index contributed by atoms with van der Waals surface area (Å²) in [5.74, 6) is 0.936. The van der Waals surface area contributed by atoms with Gasteiger partial charge in [0.2, 0.25) is 0 Å². The highest BCUT2D eigenvalue weighted by atomic mass is 16.5. The second-order valence-electron chi connectivity index (χ2n) is 8.13. The van der Waals surface area contributed by atoms with Gasteiger partial charge in [-0.2, -0.15) is 0 Å². The van der Waals surface area contributed by atoms with Crippen molar-refractivity contribution in [1.29, 1.82) is 0 Å². The van der Waals surface area contributed by atoms with Crippen LogP contribution in [0.1, 0.15) is 105 Å². The number of esters is 2. The quantitative estimate of drug-likeness (QED) is 0.230. The van der Waals surface area contributed by atoms with Gasteiger partial charge in [0.25, 0.3) is 0 Å². The molecule has 0 bridgehead atoms. The molecule has 0 aromatic rings. The van der Waals surface area contributed by atoms with E-state index in [2.05, 4.69) is 27.7 Å². The normalized spacial score (nSPS) is 11.2. The van der Waals surface area contributed by atoms with E-state index in [1.54, 1.807) is 0 Å². The first-order chi connectivity index (χ1) is 12.4. The molecule has 0 radical (unpaired) electrons. The number of ether oxygens (including phenoxy) is 2. The molecule has 0 aliphatic carbocycles. The molecule has 0 fully saturated rings. The highest BCUT2D eigenvalue weighted by Gasteiger charge is 2.09. The molecule has 4 heteroatoms. The van der Waals surface area contributed by atoms with Gasteiger partial charge in [-0.1, -0.05) is 79.1 Å². The maximum atomic E-state index is 11.6. The van der Waals surface area contributed by atoms with E-state index >= 15 is 0 Å². The Morgan fingerprint density at radius 2 is 0.923 bits per heavy atom. The Hall–Kier alpha value is -1.06. The van der Waals surface area contributed by atoms with Crippen LogP contribution in [0.5, 0.6) is 0 Å². The molecular formula is C22H42O4. The van der Waals surface area contributed by atoms with Gasteiger partial charge in [-0.3, -0.25) is 9.59 Å². The SMILES string of the molecule is CC(C)CCCCCCOC(=O)CCC(=O)OCCCCCCC(C)C. The average molecular weight is 371 g/mol. The molecule has 0 amide bonds. The van der Waals surface area contributed by atoms with Crippen LogP contribution < -0.4 is 0 Å². The predicted molar refractivity (Wildman–Crippen MR) is 107 cm³/mol. The third kappa shape index (κ3) is 19.3. The van der Waals surface area contributed by atoms with Gasteiger partial charge in [0.05, 0.1) is 26.1 Å². The van der Waals surface area contributed by atoms with Crippen molar-refractivity contribution in [2.24, 2.45) is 11.8 Å². The number of carbonyl (C=O) groups excluding carboxylic acids is 2. The molecule has 0 aromatic carbocycles. The Kier molecular flexibility index (Phi) is 16.7. The molecule has 0 saturated heterocycles. The number of hydrogen-bond donors (Lipinski definition) is 0. The summed E-state index contributed by atoms with van der Waals surface area (Å²) in [6.07, 6.45) is 11.7. The molecule has 0 saturated carbocycles. The van der Waals surface area contributed by atoms with Crippen LogP contribution in [0, 0.1) is 11.8 Å². The van der Waals surface area contributed by atoms with Gasteiger partial charge >= 0.3 is 11.9 Å². The zero-order valence-electron chi connectivity index (χ0n) is 17.7. The topological polar surface area (TPSA) is 52.6 Å². The summed E-state index contributed by atoms with van der Waals surface area (Å²) in [6.45, 7) is 9.88. The lowest BCUT2D eigenvalue weighted by Gasteiger charge is -2.07. The Labute approximate surface area is 161 Å². The summed E-state index contributed by atoms with van der Waals surface area (Å²) in [6, 6.07) is 0. The Balaban J connectivity index is 3.38. The average Bonchev–Trinajstić information content (AvgIpc) is 2.57. The van der Waals surface area contributed by atoms with Gasteiger partial charge in [0, 0.05) is 0 Å². The fourth-order valence-electron chi connectivity index (χ4n) is 2.74. The van der Waals surface area contributed by atoms with Crippen LogP contribution in [-0.4, -0.2) is 25.2 Å². The second-order valence-corrected chi connectivity index (χ2v) is 8.13. The number of carbonyl (C=O) groups is 2. The van der Waals surface area contributed by atoms with Crippen molar-refractivity contribution in [2.45, 2.75) is 105 Å². The summed E-state index contributed by atoms with van der Waals surface area (Å²) in [4.78, 5) is 23.2. The summed E-state index contributed by atoms with van der Waals surface area (Å²) >= 11 is 0. The van der Waals surface area contributed by atoms with Crippen LogP contribution in [-0.2, 0) is 19.1 Å². The van der Waals surface area contributed by atoms with Gasteiger partial charge in [-0.15, -0.1) is 0 Å². The van der Waals surface area contributed by atoms with Crippen molar-refractivity contribution < 1.29 is 19.1 Å². The number of rotatable bonds is 17. The molecule has 0 spiro atoms. The Bertz CT molecular complexity index is 316. The maximum absolute atomic E-state index is 11.6.